The van der Waals surface area contributed by atoms with Gasteiger partial charge in [0, 0.05) is 11.3 Å². The summed E-state index contributed by atoms with van der Waals surface area (Å²) < 4.78 is 27.7. The zero-order valence-corrected chi connectivity index (χ0v) is 16.8. The number of carbonyl (C=O) groups is 1. The molecule has 0 aromatic heterocycles. The largest absolute Gasteiger partial charge is 0.322 e. The smallest absolute Gasteiger partial charge is 0.261 e. The molecule has 3 rings (SSSR count). The van der Waals surface area contributed by atoms with Crippen LogP contribution in [0.2, 0.25) is 0 Å². The molecule has 0 atom stereocenters. The van der Waals surface area contributed by atoms with Gasteiger partial charge in [-0.3, -0.25) is 9.52 Å². The quantitative estimate of drug-likeness (QED) is 0.661. The second kappa shape index (κ2) is 7.86. The average Bonchev–Trinajstić information content (AvgIpc) is 2.65. The van der Waals surface area contributed by atoms with Gasteiger partial charge in [-0.1, -0.05) is 41.5 Å². The third-order valence-electron chi connectivity index (χ3n) is 4.38. The number of hydrogen-bond donors (Lipinski definition) is 2. The molecule has 0 saturated carbocycles. The van der Waals surface area contributed by atoms with Gasteiger partial charge in [0.1, 0.15) is 0 Å². The Labute approximate surface area is 165 Å². The molecule has 3 aromatic carbocycles. The molecular weight excluding hydrogens is 372 g/mol. The van der Waals surface area contributed by atoms with Crippen LogP contribution >= 0.6 is 0 Å². The Morgan fingerprint density at radius 2 is 1.36 bits per heavy atom. The van der Waals surface area contributed by atoms with Crippen LogP contribution in [0.25, 0.3) is 0 Å². The third kappa shape index (κ3) is 4.58. The van der Waals surface area contributed by atoms with Gasteiger partial charge in [-0.05, 0) is 62.7 Å². The van der Waals surface area contributed by atoms with Crippen molar-refractivity contribution < 1.29 is 13.2 Å². The van der Waals surface area contributed by atoms with Crippen LogP contribution in [0.5, 0.6) is 0 Å². The van der Waals surface area contributed by atoms with E-state index in [-0.39, 0.29) is 10.8 Å². The monoisotopic (exact) mass is 394 g/mol. The molecule has 0 aliphatic heterocycles. The van der Waals surface area contributed by atoms with Crippen molar-refractivity contribution in [3.8, 4) is 0 Å². The van der Waals surface area contributed by atoms with Crippen molar-refractivity contribution in [1.29, 1.82) is 0 Å². The molecule has 0 radical (unpaired) electrons. The standard InChI is InChI=1S/C22H22N2O3S/c1-15-4-9-18(10-5-15)22(25)23-21-14-19(11-8-17(21)3)24-28(26,27)20-12-6-16(2)7-13-20/h4-14,24H,1-3H3,(H,23,25). The minimum Gasteiger partial charge on any atom is -0.322 e. The van der Waals surface area contributed by atoms with Crippen LogP contribution in [0, 0.1) is 20.8 Å². The molecule has 28 heavy (non-hydrogen) atoms. The van der Waals surface area contributed by atoms with Crippen molar-refractivity contribution in [3.05, 3.63) is 89.0 Å². The van der Waals surface area contributed by atoms with Crippen molar-refractivity contribution in [1.82, 2.24) is 0 Å². The molecule has 1 amide bonds. The maximum Gasteiger partial charge on any atom is 0.261 e. The van der Waals surface area contributed by atoms with Crippen molar-refractivity contribution in [3.63, 3.8) is 0 Å². The molecule has 0 spiro atoms. The fourth-order valence-corrected chi connectivity index (χ4v) is 3.70. The first-order valence-corrected chi connectivity index (χ1v) is 10.3. The number of nitrogens with one attached hydrogen (secondary N) is 2. The van der Waals surface area contributed by atoms with Gasteiger partial charge < -0.3 is 5.32 Å². The summed E-state index contributed by atoms with van der Waals surface area (Å²) in [5.41, 5.74) is 4.35. The number of anilines is 2. The molecule has 5 nitrogen and oxygen atoms in total. The molecule has 0 bridgehead atoms. The molecular formula is C22H22N2O3S. The van der Waals surface area contributed by atoms with Crippen LogP contribution in [-0.4, -0.2) is 14.3 Å². The summed E-state index contributed by atoms with van der Waals surface area (Å²) in [7, 11) is -3.71. The van der Waals surface area contributed by atoms with E-state index in [4.69, 9.17) is 0 Å². The second-order valence-corrected chi connectivity index (χ2v) is 8.45. The highest BCUT2D eigenvalue weighted by atomic mass is 32.2. The molecule has 2 N–H and O–H groups in total. The van der Waals surface area contributed by atoms with E-state index in [0.29, 0.717) is 16.9 Å². The second-order valence-electron chi connectivity index (χ2n) is 6.77. The predicted molar refractivity (Wildman–Crippen MR) is 112 cm³/mol. The maximum atomic E-state index is 12.6. The molecule has 0 aliphatic carbocycles. The van der Waals surface area contributed by atoms with E-state index < -0.39 is 10.0 Å². The lowest BCUT2D eigenvalue weighted by Crippen LogP contribution is -2.15. The van der Waals surface area contributed by atoms with Crippen LogP contribution in [0.3, 0.4) is 0 Å². The van der Waals surface area contributed by atoms with Gasteiger partial charge in [-0.2, -0.15) is 0 Å². The molecule has 0 heterocycles. The Kier molecular flexibility index (Phi) is 5.51. The van der Waals surface area contributed by atoms with Crippen LogP contribution < -0.4 is 10.0 Å². The van der Waals surface area contributed by atoms with Gasteiger partial charge in [-0.15, -0.1) is 0 Å². The van der Waals surface area contributed by atoms with Crippen molar-refractivity contribution in [2.45, 2.75) is 25.7 Å². The maximum absolute atomic E-state index is 12.6. The molecule has 3 aromatic rings. The minimum atomic E-state index is -3.71. The molecule has 0 fully saturated rings. The Morgan fingerprint density at radius 3 is 1.96 bits per heavy atom. The Bertz CT molecular complexity index is 1100. The highest BCUT2D eigenvalue weighted by Gasteiger charge is 2.15. The molecule has 0 unspecified atom stereocenters. The summed E-state index contributed by atoms with van der Waals surface area (Å²) in [6.07, 6.45) is 0. The first kappa shape index (κ1) is 19.6. The molecule has 6 heteroatoms. The highest BCUT2D eigenvalue weighted by Crippen LogP contribution is 2.23. The van der Waals surface area contributed by atoms with Gasteiger partial charge in [0.2, 0.25) is 0 Å². The lowest BCUT2D eigenvalue weighted by atomic mass is 10.1. The van der Waals surface area contributed by atoms with Crippen LogP contribution in [0.15, 0.2) is 71.6 Å². The lowest BCUT2D eigenvalue weighted by molar-refractivity contribution is 0.102. The number of amides is 1. The summed E-state index contributed by atoms with van der Waals surface area (Å²) in [6.45, 7) is 5.70. The summed E-state index contributed by atoms with van der Waals surface area (Å²) in [4.78, 5) is 12.7. The van der Waals surface area contributed by atoms with Gasteiger partial charge >= 0.3 is 0 Å². The van der Waals surface area contributed by atoms with Crippen LogP contribution in [0.4, 0.5) is 11.4 Å². The predicted octanol–water partition coefficient (Wildman–Crippen LogP) is 4.66. The van der Waals surface area contributed by atoms with Crippen molar-refractivity contribution in [2.24, 2.45) is 0 Å². The molecule has 144 valence electrons. The zero-order chi connectivity index (χ0) is 20.3. The third-order valence-corrected chi connectivity index (χ3v) is 5.78. The number of hydrogen-bond acceptors (Lipinski definition) is 3. The highest BCUT2D eigenvalue weighted by molar-refractivity contribution is 7.92. The van der Waals surface area contributed by atoms with E-state index in [0.717, 1.165) is 16.7 Å². The Balaban J connectivity index is 1.82. The number of aryl methyl sites for hydroxylation is 3. The van der Waals surface area contributed by atoms with Crippen molar-refractivity contribution in [2.75, 3.05) is 10.0 Å². The van der Waals surface area contributed by atoms with Crippen LogP contribution in [-0.2, 0) is 10.0 Å². The van der Waals surface area contributed by atoms with Crippen molar-refractivity contribution >= 4 is 27.3 Å². The Hall–Kier alpha value is -3.12. The fourth-order valence-electron chi connectivity index (χ4n) is 2.65. The zero-order valence-electron chi connectivity index (χ0n) is 16.0. The van der Waals surface area contributed by atoms with E-state index in [1.807, 2.05) is 32.9 Å². The summed E-state index contributed by atoms with van der Waals surface area (Å²) in [5.74, 6) is -0.248. The SMILES string of the molecule is Cc1ccc(C(=O)Nc2cc(NS(=O)(=O)c3ccc(C)cc3)ccc2C)cc1. The molecule has 0 aliphatic rings. The first-order chi connectivity index (χ1) is 13.2. The van der Waals surface area contributed by atoms with Gasteiger partial charge in [0.15, 0.2) is 0 Å². The number of rotatable bonds is 5. The number of benzene rings is 3. The fraction of sp³-hybridized carbons (Fsp3) is 0.136. The van der Waals surface area contributed by atoms with Crippen LogP contribution in [0.1, 0.15) is 27.0 Å². The van der Waals surface area contributed by atoms with E-state index >= 15 is 0 Å². The molecule has 0 saturated heterocycles. The first-order valence-electron chi connectivity index (χ1n) is 8.83. The normalized spacial score (nSPS) is 11.1. The van der Waals surface area contributed by atoms with E-state index in [1.165, 1.54) is 0 Å². The minimum absolute atomic E-state index is 0.184. The summed E-state index contributed by atoms with van der Waals surface area (Å²) in [6, 6.07) is 18.9. The van der Waals surface area contributed by atoms with Gasteiger partial charge in [-0.25, -0.2) is 8.42 Å². The van der Waals surface area contributed by atoms with E-state index in [9.17, 15) is 13.2 Å². The Morgan fingerprint density at radius 1 is 0.786 bits per heavy atom. The average molecular weight is 394 g/mol. The number of sulfonamides is 1. The van der Waals surface area contributed by atoms with E-state index in [2.05, 4.69) is 10.0 Å². The van der Waals surface area contributed by atoms with Gasteiger partial charge in [0.25, 0.3) is 15.9 Å². The lowest BCUT2D eigenvalue weighted by Gasteiger charge is -2.13. The van der Waals surface area contributed by atoms with E-state index in [1.54, 1.807) is 54.6 Å². The van der Waals surface area contributed by atoms with Gasteiger partial charge in [0.05, 0.1) is 10.6 Å². The summed E-state index contributed by atoms with van der Waals surface area (Å²) in [5, 5.41) is 2.85. The topological polar surface area (TPSA) is 75.3 Å². The summed E-state index contributed by atoms with van der Waals surface area (Å²) >= 11 is 0. The number of carbonyl (C=O) groups excluding carboxylic acids is 1.